The van der Waals surface area contributed by atoms with Crippen LogP contribution in [0.1, 0.15) is 42.5 Å². The smallest absolute Gasteiger partial charge is 0.231 e. The van der Waals surface area contributed by atoms with Crippen molar-refractivity contribution in [3.05, 3.63) is 47.0 Å². The Morgan fingerprint density at radius 3 is 2.90 bits per heavy atom. The maximum Gasteiger partial charge on any atom is 0.231 e. The lowest BCUT2D eigenvalue weighted by Gasteiger charge is -2.33. The molecular weight excluding hydrogens is 364 g/mol. The van der Waals surface area contributed by atoms with E-state index in [1.54, 1.807) is 0 Å². The molecule has 3 aromatic rings. The van der Waals surface area contributed by atoms with E-state index in [4.69, 9.17) is 9.40 Å². The lowest BCUT2D eigenvalue weighted by Crippen LogP contribution is -2.41. The van der Waals surface area contributed by atoms with Gasteiger partial charge in [0.05, 0.1) is 11.3 Å². The molecule has 2 aromatic heterocycles. The average molecular weight is 393 g/mol. The van der Waals surface area contributed by atoms with Gasteiger partial charge in [-0.15, -0.1) is 0 Å². The maximum absolute atomic E-state index is 13.0. The molecule has 1 atom stereocenters. The molecule has 0 radical (unpaired) electrons. The third-order valence-corrected chi connectivity index (χ3v) is 5.82. The first kappa shape index (κ1) is 19.4. The van der Waals surface area contributed by atoms with E-state index in [0.717, 1.165) is 54.0 Å². The fourth-order valence-electron chi connectivity index (χ4n) is 4.06. The van der Waals surface area contributed by atoms with E-state index < -0.39 is 0 Å². The van der Waals surface area contributed by atoms with E-state index in [0.29, 0.717) is 18.1 Å². The van der Waals surface area contributed by atoms with E-state index in [1.807, 2.05) is 39.0 Å². The number of carbonyl (C=O) groups excluding carboxylic acids is 1. The lowest BCUT2D eigenvalue weighted by atomic mass is 9.96. The van der Waals surface area contributed by atoms with Gasteiger partial charge in [0.15, 0.2) is 0 Å². The molecule has 1 N–H and O–H groups in total. The Bertz CT molecular complexity index is 1060. The van der Waals surface area contributed by atoms with Gasteiger partial charge in [-0.25, -0.2) is 4.98 Å². The minimum absolute atomic E-state index is 0.0741. The van der Waals surface area contributed by atoms with Gasteiger partial charge in [0.2, 0.25) is 11.6 Å². The van der Waals surface area contributed by atoms with Crippen LogP contribution in [0, 0.1) is 26.7 Å². The van der Waals surface area contributed by atoms with Crippen LogP contribution in [-0.2, 0) is 11.2 Å². The number of piperidine rings is 1. The number of fused-ring (bicyclic) bond motifs is 1. The predicted molar refractivity (Wildman–Crippen MR) is 115 cm³/mol. The molecular formula is C23H28N4O2. The molecule has 3 heterocycles. The summed E-state index contributed by atoms with van der Waals surface area (Å²) in [5, 5.41) is 4.07. The summed E-state index contributed by atoms with van der Waals surface area (Å²) in [6.07, 6.45) is 2.79. The van der Waals surface area contributed by atoms with E-state index in [1.165, 1.54) is 5.56 Å². The summed E-state index contributed by atoms with van der Waals surface area (Å²) in [4.78, 5) is 24.4. The van der Waals surface area contributed by atoms with Gasteiger partial charge >= 0.3 is 0 Å². The van der Waals surface area contributed by atoms with Crippen LogP contribution in [0.15, 0.2) is 28.7 Å². The highest BCUT2D eigenvalue weighted by Gasteiger charge is 2.29. The summed E-state index contributed by atoms with van der Waals surface area (Å²) >= 11 is 0. The third kappa shape index (κ3) is 3.84. The molecule has 0 aliphatic carbocycles. The summed E-state index contributed by atoms with van der Waals surface area (Å²) in [5.74, 6) is 2.43. The van der Waals surface area contributed by atoms with E-state index >= 15 is 0 Å². The van der Waals surface area contributed by atoms with Gasteiger partial charge in [0, 0.05) is 24.3 Å². The first-order valence-electron chi connectivity index (χ1n) is 10.4. The second-order valence-corrected chi connectivity index (χ2v) is 7.89. The summed E-state index contributed by atoms with van der Waals surface area (Å²) in [5.41, 5.74) is 3.79. The number of carbonyl (C=O) groups is 1. The number of benzene rings is 1. The summed E-state index contributed by atoms with van der Waals surface area (Å²) in [6.45, 7) is 9.51. The number of amides is 1. The van der Waals surface area contributed by atoms with Crippen molar-refractivity contribution in [2.75, 3.05) is 23.3 Å². The molecule has 1 aliphatic heterocycles. The zero-order valence-corrected chi connectivity index (χ0v) is 17.6. The molecule has 1 amide bonds. The Balaban J connectivity index is 1.57. The molecule has 1 saturated heterocycles. The zero-order chi connectivity index (χ0) is 20.5. The van der Waals surface area contributed by atoms with E-state index in [2.05, 4.69) is 28.2 Å². The number of aryl methyl sites for hydroxylation is 4. The summed E-state index contributed by atoms with van der Waals surface area (Å²) in [7, 11) is 0. The van der Waals surface area contributed by atoms with Gasteiger partial charge in [-0.05, 0) is 57.7 Å². The number of nitrogens with one attached hydrogen (secondary N) is 1. The van der Waals surface area contributed by atoms with Crippen molar-refractivity contribution >= 4 is 28.5 Å². The highest BCUT2D eigenvalue weighted by atomic mass is 16.3. The van der Waals surface area contributed by atoms with Crippen molar-refractivity contribution in [2.45, 2.75) is 47.0 Å². The van der Waals surface area contributed by atoms with Crippen LogP contribution in [-0.4, -0.2) is 29.0 Å². The SMILES string of the molecule is CCc1cccc(NC(=O)[C@H]2CCCN(c3nc(C)nc4oc(C)c(C)c34)C2)c1. The van der Waals surface area contributed by atoms with Gasteiger partial charge in [-0.1, -0.05) is 19.1 Å². The lowest BCUT2D eigenvalue weighted by molar-refractivity contribution is -0.120. The minimum Gasteiger partial charge on any atom is -0.443 e. The fourth-order valence-corrected chi connectivity index (χ4v) is 4.06. The Morgan fingerprint density at radius 1 is 1.28 bits per heavy atom. The van der Waals surface area contributed by atoms with Crippen molar-refractivity contribution in [2.24, 2.45) is 5.92 Å². The number of nitrogens with zero attached hydrogens (tertiary/aromatic N) is 3. The highest BCUT2D eigenvalue weighted by Crippen LogP contribution is 2.33. The molecule has 4 rings (SSSR count). The first-order valence-corrected chi connectivity index (χ1v) is 10.4. The summed E-state index contributed by atoms with van der Waals surface area (Å²) < 4.78 is 5.83. The number of hydrogen-bond donors (Lipinski definition) is 1. The number of anilines is 2. The molecule has 1 fully saturated rings. The summed E-state index contributed by atoms with van der Waals surface area (Å²) in [6, 6.07) is 8.07. The predicted octanol–water partition coefficient (Wildman–Crippen LogP) is 4.57. The van der Waals surface area contributed by atoms with Crippen LogP contribution in [0.4, 0.5) is 11.5 Å². The molecule has 29 heavy (non-hydrogen) atoms. The quantitative estimate of drug-likeness (QED) is 0.704. The Labute approximate surface area is 171 Å². The highest BCUT2D eigenvalue weighted by molar-refractivity contribution is 5.94. The maximum atomic E-state index is 13.0. The van der Waals surface area contributed by atoms with Crippen molar-refractivity contribution in [3.8, 4) is 0 Å². The molecule has 0 spiro atoms. The molecule has 6 heteroatoms. The van der Waals surface area contributed by atoms with Gasteiger partial charge in [-0.3, -0.25) is 4.79 Å². The molecule has 152 valence electrons. The van der Waals surface area contributed by atoms with Crippen molar-refractivity contribution < 1.29 is 9.21 Å². The monoisotopic (exact) mass is 392 g/mol. The fraction of sp³-hybridized carbons (Fsp3) is 0.435. The van der Waals surface area contributed by atoms with E-state index in [9.17, 15) is 4.79 Å². The van der Waals surface area contributed by atoms with Gasteiger partial charge in [0.25, 0.3) is 0 Å². The molecule has 6 nitrogen and oxygen atoms in total. The standard InChI is InChI=1S/C23H28N4O2/c1-5-17-8-6-10-19(12-17)26-22(28)18-9-7-11-27(13-18)21-20-14(2)15(3)29-23(20)25-16(4)24-21/h6,8,10,12,18H,5,7,9,11,13H2,1-4H3,(H,26,28)/t18-/m0/s1. The normalized spacial score (nSPS) is 17.0. The second kappa shape index (κ2) is 7.85. The number of furan rings is 1. The average Bonchev–Trinajstić information content (AvgIpc) is 3.01. The zero-order valence-electron chi connectivity index (χ0n) is 17.6. The molecule has 1 aliphatic rings. The van der Waals surface area contributed by atoms with Crippen LogP contribution in [0.5, 0.6) is 0 Å². The van der Waals surface area contributed by atoms with Crippen LogP contribution >= 0.6 is 0 Å². The Hall–Kier alpha value is -2.89. The molecule has 0 saturated carbocycles. The van der Waals surface area contributed by atoms with Crippen molar-refractivity contribution in [3.63, 3.8) is 0 Å². The van der Waals surface area contributed by atoms with E-state index in [-0.39, 0.29) is 11.8 Å². The Morgan fingerprint density at radius 2 is 2.10 bits per heavy atom. The number of aromatic nitrogens is 2. The third-order valence-electron chi connectivity index (χ3n) is 5.82. The largest absolute Gasteiger partial charge is 0.443 e. The van der Waals surface area contributed by atoms with Gasteiger partial charge < -0.3 is 14.6 Å². The Kier molecular flexibility index (Phi) is 5.26. The van der Waals surface area contributed by atoms with Gasteiger partial charge in [0.1, 0.15) is 17.4 Å². The van der Waals surface area contributed by atoms with Crippen LogP contribution in [0.3, 0.4) is 0 Å². The van der Waals surface area contributed by atoms with Crippen LogP contribution < -0.4 is 10.2 Å². The van der Waals surface area contributed by atoms with Crippen LogP contribution in [0.2, 0.25) is 0 Å². The topological polar surface area (TPSA) is 71.3 Å². The van der Waals surface area contributed by atoms with Crippen molar-refractivity contribution in [1.29, 1.82) is 0 Å². The molecule has 0 unspecified atom stereocenters. The second-order valence-electron chi connectivity index (χ2n) is 7.89. The first-order chi connectivity index (χ1) is 14.0. The van der Waals surface area contributed by atoms with Gasteiger partial charge in [-0.2, -0.15) is 4.98 Å². The molecule has 1 aromatic carbocycles. The minimum atomic E-state index is -0.0762. The van der Waals surface area contributed by atoms with Crippen LogP contribution in [0.25, 0.3) is 11.1 Å². The molecule has 0 bridgehead atoms. The number of rotatable bonds is 4. The van der Waals surface area contributed by atoms with Crippen molar-refractivity contribution in [1.82, 2.24) is 9.97 Å². The number of hydrogen-bond acceptors (Lipinski definition) is 5.